The Kier molecular flexibility index (Phi) is 5.55. The van der Waals surface area contributed by atoms with Crippen LogP contribution in [0.2, 0.25) is 0 Å². The molecule has 0 radical (unpaired) electrons. The zero-order valence-corrected chi connectivity index (χ0v) is 12.7. The number of carbonyl (C=O) groups excluding carboxylic acids is 1. The van der Waals surface area contributed by atoms with Gasteiger partial charge in [-0.25, -0.2) is 0 Å². The zero-order valence-electron chi connectivity index (χ0n) is 12.7. The summed E-state index contributed by atoms with van der Waals surface area (Å²) in [7, 11) is 0. The Morgan fingerprint density at radius 3 is 2.26 bits per heavy atom. The SMILES string of the molecule is CCC(NCC(=O)NC(C)(C)C)c1ccc(C)cc1. The molecule has 1 amide bonds. The second-order valence-corrected chi connectivity index (χ2v) is 6.05. The molecule has 0 saturated heterocycles. The van der Waals surface area contributed by atoms with Gasteiger partial charge < -0.3 is 10.6 Å². The van der Waals surface area contributed by atoms with Gasteiger partial charge in [-0.05, 0) is 39.7 Å². The lowest BCUT2D eigenvalue weighted by molar-refractivity contribution is -0.121. The average Bonchev–Trinajstić information content (AvgIpc) is 2.29. The molecule has 0 bridgehead atoms. The predicted octanol–water partition coefficient (Wildman–Crippen LogP) is 2.95. The second kappa shape index (κ2) is 6.71. The van der Waals surface area contributed by atoms with Crippen LogP contribution in [0.4, 0.5) is 0 Å². The van der Waals surface area contributed by atoms with E-state index in [-0.39, 0.29) is 17.5 Å². The Bertz CT molecular complexity index is 404. The Labute approximate surface area is 116 Å². The van der Waals surface area contributed by atoms with Gasteiger partial charge in [0.25, 0.3) is 0 Å². The summed E-state index contributed by atoms with van der Waals surface area (Å²) in [5.41, 5.74) is 2.31. The van der Waals surface area contributed by atoms with E-state index in [9.17, 15) is 4.79 Å². The monoisotopic (exact) mass is 262 g/mol. The first-order chi connectivity index (χ1) is 8.81. The van der Waals surface area contributed by atoms with E-state index in [2.05, 4.69) is 48.7 Å². The third-order valence-corrected chi connectivity index (χ3v) is 2.91. The third kappa shape index (κ3) is 5.88. The first-order valence-corrected chi connectivity index (χ1v) is 6.93. The van der Waals surface area contributed by atoms with Crippen LogP contribution < -0.4 is 10.6 Å². The largest absolute Gasteiger partial charge is 0.350 e. The first kappa shape index (κ1) is 15.7. The summed E-state index contributed by atoms with van der Waals surface area (Å²) in [4.78, 5) is 11.8. The summed E-state index contributed by atoms with van der Waals surface area (Å²) in [6.07, 6.45) is 0.964. The Morgan fingerprint density at radius 2 is 1.79 bits per heavy atom. The normalized spacial score (nSPS) is 13.1. The van der Waals surface area contributed by atoms with Crippen molar-refractivity contribution in [2.24, 2.45) is 0 Å². The minimum absolute atomic E-state index is 0.0399. The Balaban J connectivity index is 2.54. The molecule has 3 nitrogen and oxygen atoms in total. The Hall–Kier alpha value is -1.35. The number of amides is 1. The fourth-order valence-electron chi connectivity index (χ4n) is 1.98. The number of rotatable bonds is 5. The van der Waals surface area contributed by atoms with Gasteiger partial charge in [0.2, 0.25) is 5.91 Å². The molecule has 0 saturated carbocycles. The van der Waals surface area contributed by atoms with Gasteiger partial charge in [0.1, 0.15) is 0 Å². The van der Waals surface area contributed by atoms with Gasteiger partial charge in [-0.2, -0.15) is 0 Å². The van der Waals surface area contributed by atoms with Gasteiger partial charge in [0.15, 0.2) is 0 Å². The highest BCUT2D eigenvalue weighted by Gasteiger charge is 2.15. The van der Waals surface area contributed by atoms with Crippen molar-refractivity contribution in [3.8, 4) is 0 Å². The molecule has 1 atom stereocenters. The maximum absolute atomic E-state index is 11.8. The van der Waals surface area contributed by atoms with Gasteiger partial charge in [-0.15, -0.1) is 0 Å². The van der Waals surface area contributed by atoms with E-state index >= 15 is 0 Å². The molecule has 3 heteroatoms. The van der Waals surface area contributed by atoms with E-state index in [1.54, 1.807) is 0 Å². The van der Waals surface area contributed by atoms with Gasteiger partial charge >= 0.3 is 0 Å². The molecule has 1 unspecified atom stereocenters. The quantitative estimate of drug-likeness (QED) is 0.856. The molecule has 19 heavy (non-hydrogen) atoms. The van der Waals surface area contributed by atoms with E-state index in [4.69, 9.17) is 0 Å². The highest BCUT2D eigenvalue weighted by Crippen LogP contribution is 2.16. The van der Waals surface area contributed by atoms with E-state index in [1.807, 2.05) is 20.8 Å². The van der Waals surface area contributed by atoms with Crippen molar-refractivity contribution < 1.29 is 4.79 Å². The number of benzene rings is 1. The number of aryl methyl sites for hydroxylation is 1. The van der Waals surface area contributed by atoms with Crippen LogP contribution in [-0.2, 0) is 4.79 Å². The van der Waals surface area contributed by atoms with Gasteiger partial charge in [0.05, 0.1) is 6.54 Å². The van der Waals surface area contributed by atoms with E-state index in [0.29, 0.717) is 6.54 Å². The van der Waals surface area contributed by atoms with Crippen LogP contribution in [0.25, 0.3) is 0 Å². The molecule has 0 aromatic heterocycles. The second-order valence-electron chi connectivity index (χ2n) is 6.05. The third-order valence-electron chi connectivity index (χ3n) is 2.91. The molecular formula is C16H26N2O. The summed E-state index contributed by atoms with van der Waals surface area (Å²) in [6.45, 7) is 10.5. The molecule has 106 valence electrons. The van der Waals surface area contributed by atoms with Crippen molar-refractivity contribution in [2.45, 2.75) is 52.6 Å². The molecular weight excluding hydrogens is 236 g/mol. The van der Waals surface area contributed by atoms with Crippen molar-refractivity contribution in [1.29, 1.82) is 0 Å². The molecule has 0 aliphatic carbocycles. The maximum Gasteiger partial charge on any atom is 0.234 e. The number of hydrogen-bond acceptors (Lipinski definition) is 2. The summed E-state index contributed by atoms with van der Waals surface area (Å²) in [5.74, 6) is 0.0399. The molecule has 0 heterocycles. The van der Waals surface area contributed by atoms with Crippen molar-refractivity contribution in [2.75, 3.05) is 6.54 Å². The lowest BCUT2D eigenvalue weighted by Gasteiger charge is -2.22. The minimum Gasteiger partial charge on any atom is -0.350 e. The number of carbonyl (C=O) groups is 1. The molecule has 0 aliphatic heterocycles. The molecule has 2 N–H and O–H groups in total. The van der Waals surface area contributed by atoms with Crippen LogP contribution in [0, 0.1) is 6.92 Å². The van der Waals surface area contributed by atoms with Crippen LogP contribution in [0.1, 0.15) is 51.3 Å². The van der Waals surface area contributed by atoms with Crippen LogP contribution in [0.3, 0.4) is 0 Å². The molecule has 0 spiro atoms. The maximum atomic E-state index is 11.8. The molecule has 0 fully saturated rings. The fourth-order valence-corrected chi connectivity index (χ4v) is 1.98. The topological polar surface area (TPSA) is 41.1 Å². The number of hydrogen-bond donors (Lipinski definition) is 2. The smallest absolute Gasteiger partial charge is 0.234 e. The van der Waals surface area contributed by atoms with Crippen molar-refractivity contribution in [1.82, 2.24) is 10.6 Å². The lowest BCUT2D eigenvalue weighted by atomic mass is 10.0. The van der Waals surface area contributed by atoms with Crippen molar-refractivity contribution in [3.63, 3.8) is 0 Å². The van der Waals surface area contributed by atoms with Crippen molar-refractivity contribution >= 4 is 5.91 Å². The van der Waals surface area contributed by atoms with E-state index < -0.39 is 0 Å². The first-order valence-electron chi connectivity index (χ1n) is 6.93. The molecule has 1 aromatic carbocycles. The molecule has 1 rings (SSSR count). The highest BCUT2D eigenvalue weighted by atomic mass is 16.2. The lowest BCUT2D eigenvalue weighted by Crippen LogP contribution is -2.45. The minimum atomic E-state index is -0.176. The summed E-state index contributed by atoms with van der Waals surface area (Å²) >= 11 is 0. The standard InChI is InChI=1S/C16H26N2O/c1-6-14(13-9-7-12(2)8-10-13)17-11-15(19)18-16(3,4)5/h7-10,14,17H,6,11H2,1-5H3,(H,18,19). The van der Waals surface area contributed by atoms with E-state index in [0.717, 1.165) is 6.42 Å². The van der Waals surface area contributed by atoms with Crippen LogP contribution >= 0.6 is 0 Å². The predicted molar refractivity (Wildman–Crippen MR) is 80.1 cm³/mol. The number of nitrogens with one attached hydrogen (secondary N) is 2. The Morgan fingerprint density at radius 1 is 1.21 bits per heavy atom. The molecule has 0 aliphatic rings. The molecule has 1 aromatic rings. The van der Waals surface area contributed by atoms with Crippen LogP contribution in [-0.4, -0.2) is 18.0 Å². The highest BCUT2D eigenvalue weighted by molar-refractivity contribution is 5.78. The van der Waals surface area contributed by atoms with Gasteiger partial charge in [-0.3, -0.25) is 4.79 Å². The summed E-state index contributed by atoms with van der Waals surface area (Å²) in [6, 6.07) is 8.69. The zero-order chi connectivity index (χ0) is 14.5. The van der Waals surface area contributed by atoms with Crippen LogP contribution in [0.15, 0.2) is 24.3 Å². The van der Waals surface area contributed by atoms with Crippen molar-refractivity contribution in [3.05, 3.63) is 35.4 Å². The van der Waals surface area contributed by atoms with Crippen LogP contribution in [0.5, 0.6) is 0 Å². The summed E-state index contributed by atoms with van der Waals surface area (Å²) in [5, 5.41) is 6.27. The fraction of sp³-hybridized carbons (Fsp3) is 0.562. The van der Waals surface area contributed by atoms with Gasteiger partial charge in [0, 0.05) is 11.6 Å². The summed E-state index contributed by atoms with van der Waals surface area (Å²) < 4.78 is 0. The van der Waals surface area contributed by atoms with Gasteiger partial charge in [-0.1, -0.05) is 36.8 Å². The van der Waals surface area contributed by atoms with E-state index in [1.165, 1.54) is 11.1 Å². The average molecular weight is 262 g/mol.